The van der Waals surface area contributed by atoms with E-state index in [2.05, 4.69) is 5.16 Å². The van der Waals surface area contributed by atoms with Gasteiger partial charge in [-0.3, -0.25) is 9.09 Å². The zero-order valence-electron chi connectivity index (χ0n) is 11.8. The Morgan fingerprint density at radius 3 is 2.57 bits per heavy atom. The molecule has 0 spiro atoms. The van der Waals surface area contributed by atoms with Crippen LogP contribution in [0.4, 0.5) is 4.39 Å². The highest BCUT2D eigenvalue weighted by Crippen LogP contribution is 2.21. The van der Waals surface area contributed by atoms with Gasteiger partial charge in [0, 0.05) is 22.0 Å². The van der Waals surface area contributed by atoms with Crippen molar-refractivity contribution in [3.05, 3.63) is 85.8 Å². The van der Waals surface area contributed by atoms with E-state index in [1.165, 1.54) is 16.7 Å². The van der Waals surface area contributed by atoms with Crippen LogP contribution in [0.2, 0.25) is 10.0 Å². The lowest BCUT2D eigenvalue weighted by atomic mass is 10.1. The van der Waals surface area contributed by atoms with Gasteiger partial charge in [-0.2, -0.15) is 0 Å². The molecule has 0 aliphatic carbocycles. The summed E-state index contributed by atoms with van der Waals surface area (Å²) in [6.45, 7) is 0.251. The third-order valence-electron chi connectivity index (χ3n) is 3.41. The van der Waals surface area contributed by atoms with Crippen LogP contribution in [-0.2, 0) is 13.0 Å². The molecule has 0 bridgehead atoms. The second-order valence-electron chi connectivity index (χ2n) is 4.95. The van der Waals surface area contributed by atoms with E-state index < -0.39 is 11.6 Å². The minimum Gasteiger partial charge on any atom is -0.296 e. The molecular weight excluding hydrogens is 342 g/mol. The summed E-state index contributed by atoms with van der Waals surface area (Å²) in [5.74, 6) is -0.759. The van der Waals surface area contributed by atoms with Crippen molar-refractivity contribution in [1.29, 1.82) is 0 Å². The molecule has 0 aliphatic heterocycles. The van der Waals surface area contributed by atoms with E-state index in [1.54, 1.807) is 30.3 Å². The summed E-state index contributed by atoms with van der Waals surface area (Å²) >= 11 is 11.9. The van der Waals surface area contributed by atoms with E-state index in [1.807, 2.05) is 0 Å². The third-order valence-corrected chi connectivity index (χ3v) is 4.02. The van der Waals surface area contributed by atoms with Crippen molar-refractivity contribution in [3.63, 3.8) is 0 Å². The predicted molar refractivity (Wildman–Crippen MR) is 85.5 cm³/mol. The molecule has 23 heavy (non-hydrogen) atoms. The van der Waals surface area contributed by atoms with E-state index in [0.29, 0.717) is 10.8 Å². The Labute approximate surface area is 141 Å². The molecule has 1 aromatic heterocycles. The lowest BCUT2D eigenvalue weighted by Gasteiger charge is -2.07. The molecule has 3 aromatic rings. The fourth-order valence-corrected chi connectivity index (χ4v) is 2.57. The van der Waals surface area contributed by atoms with Crippen LogP contribution in [-0.4, -0.2) is 9.72 Å². The molecule has 0 atom stereocenters. The SMILES string of the molecule is O=c1onc(Cc2c(F)cccc2Cl)n1Cc1ccc(Cl)cc1. The minimum atomic E-state index is -0.609. The summed E-state index contributed by atoms with van der Waals surface area (Å²) < 4.78 is 19.9. The van der Waals surface area contributed by atoms with Crippen molar-refractivity contribution in [3.8, 4) is 0 Å². The van der Waals surface area contributed by atoms with E-state index >= 15 is 0 Å². The maximum atomic E-state index is 13.9. The largest absolute Gasteiger partial charge is 0.441 e. The Balaban J connectivity index is 1.93. The number of aromatic nitrogens is 2. The number of halogens is 3. The maximum absolute atomic E-state index is 13.9. The van der Waals surface area contributed by atoms with Crippen molar-refractivity contribution in [2.75, 3.05) is 0 Å². The summed E-state index contributed by atoms with van der Waals surface area (Å²) in [6.07, 6.45) is 0.0604. The molecule has 118 valence electrons. The number of benzene rings is 2. The second kappa shape index (κ2) is 6.56. The van der Waals surface area contributed by atoms with E-state index in [9.17, 15) is 9.18 Å². The molecule has 2 aromatic carbocycles. The van der Waals surface area contributed by atoms with E-state index in [-0.39, 0.29) is 23.6 Å². The number of hydrogen-bond donors (Lipinski definition) is 0. The van der Waals surface area contributed by atoms with Gasteiger partial charge in [-0.25, -0.2) is 9.18 Å². The Bertz CT molecular complexity index is 868. The summed E-state index contributed by atoms with van der Waals surface area (Å²) in [5.41, 5.74) is 1.12. The van der Waals surface area contributed by atoms with Crippen LogP contribution in [0.25, 0.3) is 0 Å². The molecule has 3 rings (SSSR count). The lowest BCUT2D eigenvalue weighted by Crippen LogP contribution is -2.18. The molecule has 0 saturated carbocycles. The molecule has 0 unspecified atom stereocenters. The molecule has 0 fully saturated rings. The Morgan fingerprint density at radius 1 is 1.13 bits per heavy atom. The summed E-state index contributed by atoms with van der Waals surface area (Å²) in [7, 11) is 0. The Hall–Kier alpha value is -2.11. The number of nitrogens with zero attached hydrogens (tertiary/aromatic N) is 2. The molecule has 4 nitrogen and oxygen atoms in total. The van der Waals surface area contributed by atoms with Crippen LogP contribution in [0, 0.1) is 5.82 Å². The normalized spacial score (nSPS) is 10.9. The topological polar surface area (TPSA) is 48.0 Å². The van der Waals surface area contributed by atoms with Crippen LogP contribution < -0.4 is 5.76 Å². The fourth-order valence-electron chi connectivity index (χ4n) is 2.21. The first-order valence-corrected chi connectivity index (χ1v) is 7.53. The molecule has 1 heterocycles. The van der Waals surface area contributed by atoms with Gasteiger partial charge in [0.2, 0.25) is 0 Å². The van der Waals surface area contributed by atoms with Crippen molar-refractivity contribution in [2.24, 2.45) is 0 Å². The van der Waals surface area contributed by atoms with Gasteiger partial charge in [-0.15, -0.1) is 0 Å². The van der Waals surface area contributed by atoms with Gasteiger partial charge in [0.1, 0.15) is 5.82 Å². The molecular formula is C16H11Cl2FN2O2. The van der Waals surface area contributed by atoms with E-state index in [0.717, 1.165) is 5.56 Å². The van der Waals surface area contributed by atoms with Crippen LogP contribution in [0.15, 0.2) is 51.8 Å². The van der Waals surface area contributed by atoms with Crippen molar-refractivity contribution in [1.82, 2.24) is 9.72 Å². The van der Waals surface area contributed by atoms with Crippen molar-refractivity contribution in [2.45, 2.75) is 13.0 Å². The van der Waals surface area contributed by atoms with Gasteiger partial charge in [-0.05, 0) is 29.8 Å². The smallest absolute Gasteiger partial charge is 0.296 e. The zero-order valence-corrected chi connectivity index (χ0v) is 13.3. The van der Waals surface area contributed by atoms with Crippen molar-refractivity contribution < 1.29 is 8.91 Å². The average molecular weight is 353 g/mol. The maximum Gasteiger partial charge on any atom is 0.441 e. The molecule has 0 aliphatic rings. The monoisotopic (exact) mass is 352 g/mol. The van der Waals surface area contributed by atoms with Gasteiger partial charge in [-0.1, -0.05) is 46.6 Å². The zero-order chi connectivity index (χ0) is 16.4. The first-order valence-electron chi connectivity index (χ1n) is 6.77. The predicted octanol–water partition coefficient (Wildman–Crippen LogP) is 3.92. The van der Waals surface area contributed by atoms with Crippen LogP contribution >= 0.6 is 23.2 Å². The van der Waals surface area contributed by atoms with Gasteiger partial charge in [0.25, 0.3) is 0 Å². The highest BCUT2D eigenvalue weighted by molar-refractivity contribution is 6.31. The molecule has 0 N–H and O–H groups in total. The van der Waals surface area contributed by atoms with Crippen LogP contribution in [0.5, 0.6) is 0 Å². The fraction of sp³-hybridized carbons (Fsp3) is 0.125. The lowest BCUT2D eigenvalue weighted by molar-refractivity contribution is 0.375. The Kier molecular flexibility index (Phi) is 4.50. The van der Waals surface area contributed by atoms with Crippen LogP contribution in [0.1, 0.15) is 17.0 Å². The highest BCUT2D eigenvalue weighted by atomic mass is 35.5. The number of rotatable bonds is 4. The standard InChI is InChI=1S/C16H11Cl2FN2O2/c17-11-6-4-10(5-7-11)9-21-15(20-23-16(21)22)8-12-13(18)2-1-3-14(12)19/h1-7H,8-9H2. The van der Waals surface area contributed by atoms with E-state index in [4.69, 9.17) is 27.7 Å². The minimum absolute atomic E-state index is 0.0604. The molecule has 0 amide bonds. The summed E-state index contributed by atoms with van der Waals surface area (Å²) in [6, 6.07) is 11.4. The van der Waals surface area contributed by atoms with Gasteiger partial charge >= 0.3 is 5.76 Å². The van der Waals surface area contributed by atoms with Gasteiger partial charge < -0.3 is 0 Å². The molecule has 0 saturated heterocycles. The highest BCUT2D eigenvalue weighted by Gasteiger charge is 2.16. The second-order valence-corrected chi connectivity index (χ2v) is 5.80. The first-order chi connectivity index (χ1) is 11.0. The third kappa shape index (κ3) is 3.46. The summed E-state index contributed by atoms with van der Waals surface area (Å²) in [5, 5.41) is 4.61. The van der Waals surface area contributed by atoms with Crippen molar-refractivity contribution >= 4 is 23.2 Å². The average Bonchev–Trinajstić information content (AvgIpc) is 2.86. The summed E-state index contributed by atoms with van der Waals surface area (Å²) in [4.78, 5) is 11.9. The Morgan fingerprint density at radius 2 is 1.87 bits per heavy atom. The van der Waals surface area contributed by atoms with Crippen LogP contribution in [0.3, 0.4) is 0 Å². The van der Waals surface area contributed by atoms with Gasteiger partial charge in [0.15, 0.2) is 5.82 Å². The quantitative estimate of drug-likeness (QED) is 0.714. The first kappa shape index (κ1) is 15.8. The number of hydrogen-bond acceptors (Lipinski definition) is 3. The molecule has 0 radical (unpaired) electrons. The van der Waals surface area contributed by atoms with Gasteiger partial charge in [0.05, 0.1) is 6.54 Å². The molecule has 7 heteroatoms.